The Morgan fingerprint density at radius 1 is 1.26 bits per heavy atom. The molecule has 0 aliphatic carbocycles. The molecule has 0 radical (unpaired) electrons. The summed E-state index contributed by atoms with van der Waals surface area (Å²) < 4.78 is 5.23. The first-order valence-electron chi connectivity index (χ1n) is 6.40. The van der Waals surface area contributed by atoms with Gasteiger partial charge in [0.2, 0.25) is 0 Å². The number of anilines is 1. The summed E-state index contributed by atoms with van der Waals surface area (Å²) >= 11 is 0. The van der Waals surface area contributed by atoms with Crippen molar-refractivity contribution in [2.45, 2.75) is 20.8 Å². The SMILES string of the molecule is CCN(CC)c1c(C=O)c(=O)oc2cc(C)ccc12. The lowest BCUT2D eigenvalue weighted by atomic mass is 10.1. The van der Waals surface area contributed by atoms with Crippen LogP contribution in [0.4, 0.5) is 5.69 Å². The van der Waals surface area contributed by atoms with E-state index in [1.807, 2.05) is 43.9 Å². The molecule has 19 heavy (non-hydrogen) atoms. The molecule has 0 atom stereocenters. The van der Waals surface area contributed by atoms with Crippen LogP contribution in [0.15, 0.2) is 27.4 Å². The Hall–Kier alpha value is -2.10. The molecular formula is C15H17NO3. The number of aryl methyl sites for hydroxylation is 1. The molecule has 1 aromatic heterocycles. The summed E-state index contributed by atoms with van der Waals surface area (Å²) in [5, 5.41) is 0.802. The van der Waals surface area contributed by atoms with Gasteiger partial charge in [-0.3, -0.25) is 4.79 Å². The highest BCUT2D eigenvalue weighted by Crippen LogP contribution is 2.28. The molecule has 0 saturated carbocycles. The Balaban J connectivity index is 2.90. The Morgan fingerprint density at radius 2 is 1.95 bits per heavy atom. The van der Waals surface area contributed by atoms with Crippen LogP contribution >= 0.6 is 0 Å². The molecule has 4 heteroatoms. The smallest absolute Gasteiger partial charge is 0.349 e. The van der Waals surface area contributed by atoms with E-state index >= 15 is 0 Å². The van der Waals surface area contributed by atoms with E-state index in [-0.39, 0.29) is 5.56 Å². The van der Waals surface area contributed by atoms with Crippen LogP contribution in [0.2, 0.25) is 0 Å². The topological polar surface area (TPSA) is 50.5 Å². The van der Waals surface area contributed by atoms with Crippen molar-refractivity contribution in [1.82, 2.24) is 0 Å². The normalized spacial score (nSPS) is 10.7. The van der Waals surface area contributed by atoms with Crippen molar-refractivity contribution in [2.24, 2.45) is 0 Å². The van der Waals surface area contributed by atoms with Crippen molar-refractivity contribution < 1.29 is 9.21 Å². The van der Waals surface area contributed by atoms with Crippen molar-refractivity contribution in [3.63, 3.8) is 0 Å². The van der Waals surface area contributed by atoms with E-state index in [0.29, 0.717) is 17.6 Å². The second-order valence-corrected chi connectivity index (χ2v) is 4.44. The summed E-state index contributed by atoms with van der Waals surface area (Å²) in [6, 6.07) is 5.66. The van der Waals surface area contributed by atoms with E-state index in [1.165, 1.54) is 0 Å². The van der Waals surface area contributed by atoms with Crippen LogP contribution in [0, 0.1) is 6.92 Å². The fraction of sp³-hybridized carbons (Fsp3) is 0.333. The summed E-state index contributed by atoms with van der Waals surface area (Å²) in [7, 11) is 0. The van der Waals surface area contributed by atoms with Gasteiger partial charge in [0.05, 0.1) is 5.69 Å². The van der Waals surface area contributed by atoms with E-state index < -0.39 is 5.63 Å². The summed E-state index contributed by atoms with van der Waals surface area (Å²) in [4.78, 5) is 25.1. The fourth-order valence-electron chi connectivity index (χ4n) is 2.29. The molecule has 0 saturated heterocycles. The number of nitrogens with zero attached hydrogens (tertiary/aromatic N) is 1. The first kappa shape index (κ1) is 13.3. The van der Waals surface area contributed by atoms with E-state index in [4.69, 9.17) is 4.42 Å². The maximum absolute atomic E-state index is 11.9. The lowest BCUT2D eigenvalue weighted by Crippen LogP contribution is -2.26. The van der Waals surface area contributed by atoms with Crippen LogP contribution in [0.3, 0.4) is 0 Å². The van der Waals surface area contributed by atoms with Gasteiger partial charge in [-0.15, -0.1) is 0 Å². The van der Waals surface area contributed by atoms with E-state index in [2.05, 4.69) is 0 Å². The van der Waals surface area contributed by atoms with Gasteiger partial charge in [-0.05, 0) is 38.5 Å². The quantitative estimate of drug-likeness (QED) is 0.625. The number of benzene rings is 1. The molecule has 1 heterocycles. The van der Waals surface area contributed by atoms with Crippen LogP contribution < -0.4 is 10.5 Å². The Bertz CT molecular complexity index is 669. The molecule has 0 fully saturated rings. The molecule has 0 N–H and O–H groups in total. The monoisotopic (exact) mass is 259 g/mol. The van der Waals surface area contributed by atoms with Gasteiger partial charge in [-0.2, -0.15) is 0 Å². The molecule has 0 unspecified atom stereocenters. The lowest BCUT2D eigenvalue weighted by molar-refractivity contribution is 0.112. The first-order chi connectivity index (χ1) is 9.12. The number of hydrogen-bond donors (Lipinski definition) is 0. The predicted molar refractivity (Wildman–Crippen MR) is 76.2 cm³/mol. The second-order valence-electron chi connectivity index (χ2n) is 4.44. The summed E-state index contributed by atoms with van der Waals surface area (Å²) in [6.07, 6.45) is 0.582. The summed E-state index contributed by atoms with van der Waals surface area (Å²) in [5.74, 6) is 0. The molecule has 0 aliphatic rings. The average molecular weight is 259 g/mol. The maximum Gasteiger partial charge on any atom is 0.349 e. The van der Waals surface area contributed by atoms with Crippen LogP contribution in [0.5, 0.6) is 0 Å². The van der Waals surface area contributed by atoms with Crippen LogP contribution in [0.25, 0.3) is 11.0 Å². The minimum atomic E-state index is -0.574. The molecule has 2 aromatic rings. The minimum absolute atomic E-state index is 0.0973. The molecule has 0 bridgehead atoms. The lowest BCUT2D eigenvalue weighted by Gasteiger charge is -2.23. The van der Waals surface area contributed by atoms with Gasteiger partial charge in [-0.1, -0.05) is 6.07 Å². The third-order valence-corrected chi connectivity index (χ3v) is 3.27. The van der Waals surface area contributed by atoms with Gasteiger partial charge in [0.15, 0.2) is 6.29 Å². The highest BCUT2D eigenvalue weighted by Gasteiger charge is 2.17. The molecular weight excluding hydrogens is 242 g/mol. The van der Waals surface area contributed by atoms with Gasteiger partial charge in [0, 0.05) is 18.5 Å². The second kappa shape index (κ2) is 5.26. The molecule has 0 amide bonds. The number of fused-ring (bicyclic) bond motifs is 1. The Morgan fingerprint density at radius 3 is 2.53 bits per heavy atom. The zero-order chi connectivity index (χ0) is 14.0. The number of carbonyl (C=O) groups is 1. The van der Waals surface area contributed by atoms with E-state index in [1.54, 1.807) is 0 Å². The average Bonchev–Trinajstić information content (AvgIpc) is 2.39. The molecule has 4 nitrogen and oxygen atoms in total. The van der Waals surface area contributed by atoms with E-state index in [0.717, 1.165) is 24.0 Å². The first-order valence-corrected chi connectivity index (χ1v) is 6.40. The van der Waals surface area contributed by atoms with Crippen molar-refractivity contribution in [1.29, 1.82) is 0 Å². The summed E-state index contributed by atoms with van der Waals surface area (Å²) in [5.41, 5.74) is 1.74. The highest BCUT2D eigenvalue weighted by atomic mass is 16.4. The van der Waals surface area contributed by atoms with Crippen molar-refractivity contribution >= 4 is 22.9 Å². The van der Waals surface area contributed by atoms with Gasteiger partial charge in [-0.25, -0.2) is 4.79 Å². The largest absolute Gasteiger partial charge is 0.422 e. The highest BCUT2D eigenvalue weighted by molar-refractivity contribution is 5.99. The Kier molecular flexibility index (Phi) is 3.69. The van der Waals surface area contributed by atoms with Gasteiger partial charge < -0.3 is 9.32 Å². The van der Waals surface area contributed by atoms with Gasteiger partial charge >= 0.3 is 5.63 Å². The third-order valence-electron chi connectivity index (χ3n) is 3.27. The molecule has 100 valence electrons. The number of aldehydes is 1. The molecule has 2 rings (SSSR count). The Labute approximate surface area is 111 Å². The van der Waals surface area contributed by atoms with Gasteiger partial charge in [0.1, 0.15) is 11.1 Å². The zero-order valence-corrected chi connectivity index (χ0v) is 11.4. The fourth-order valence-corrected chi connectivity index (χ4v) is 2.29. The number of rotatable bonds is 4. The molecule has 0 aliphatic heterocycles. The minimum Gasteiger partial charge on any atom is -0.422 e. The number of hydrogen-bond acceptors (Lipinski definition) is 4. The standard InChI is InChI=1S/C15H17NO3/c1-4-16(5-2)14-11-7-6-10(3)8-13(11)19-15(18)12(14)9-17/h6-9H,4-5H2,1-3H3. The van der Waals surface area contributed by atoms with Crippen molar-refractivity contribution in [3.8, 4) is 0 Å². The van der Waals surface area contributed by atoms with E-state index in [9.17, 15) is 9.59 Å². The molecule has 1 aromatic carbocycles. The van der Waals surface area contributed by atoms with Gasteiger partial charge in [0.25, 0.3) is 0 Å². The zero-order valence-electron chi connectivity index (χ0n) is 11.4. The van der Waals surface area contributed by atoms with Crippen molar-refractivity contribution in [2.75, 3.05) is 18.0 Å². The third kappa shape index (κ3) is 2.26. The maximum atomic E-state index is 11.9. The predicted octanol–water partition coefficient (Wildman–Crippen LogP) is 2.76. The number of carbonyl (C=O) groups excluding carboxylic acids is 1. The molecule has 0 spiro atoms. The summed E-state index contributed by atoms with van der Waals surface area (Å²) in [6.45, 7) is 7.37. The van der Waals surface area contributed by atoms with Crippen molar-refractivity contribution in [3.05, 3.63) is 39.7 Å². The van der Waals surface area contributed by atoms with Crippen LogP contribution in [0.1, 0.15) is 29.8 Å². The van der Waals surface area contributed by atoms with Crippen LogP contribution in [-0.4, -0.2) is 19.4 Å². The van der Waals surface area contributed by atoms with Crippen LogP contribution in [-0.2, 0) is 0 Å².